The van der Waals surface area contributed by atoms with E-state index in [2.05, 4.69) is 4.98 Å². The molecule has 0 saturated carbocycles. The van der Waals surface area contributed by atoms with Crippen molar-refractivity contribution < 1.29 is 22.7 Å². The van der Waals surface area contributed by atoms with Crippen molar-refractivity contribution >= 4 is 6.29 Å². The Hall–Kier alpha value is -2.88. The van der Waals surface area contributed by atoms with E-state index >= 15 is 0 Å². The van der Waals surface area contributed by atoms with E-state index in [9.17, 15) is 18.0 Å². The van der Waals surface area contributed by atoms with Crippen molar-refractivity contribution in [1.29, 1.82) is 5.26 Å². The highest BCUT2D eigenvalue weighted by Crippen LogP contribution is 2.31. The summed E-state index contributed by atoms with van der Waals surface area (Å²) in [5.74, 6) is -0.0462. The molecule has 7 heteroatoms. The van der Waals surface area contributed by atoms with Gasteiger partial charge in [0.1, 0.15) is 29.5 Å². The second-order valence-electron chi connectivity index (χ2n) is 3.96. The molecule has 0 aliphatic rings. The number of pyridine rings is 1. The van der Waals surface area contributed by atoms with Gasteiger partial charge in [0.25, 0.3) is 0 Å². The van der Waals surface area contributed by atoms with Gasteiger partial charge < -0.3 is 4.74 Å². The van der Waals surface area contributed by atoms with Crippen LogP contribution < -0.4 is 4.74 Å². The molecule has 0 radical (unpaired) electrons. The molecule has 0 amide bonds. The highest BCUT2D eigenvalue weighted by Gasteiger charge is 2.32. The minimum Gasteiger partial charge on any atom is -0.456 e. The number of nitriles is 1. The van der Waals surface area contributed by atoms with Gasteiger partial charge in [-0.2, -0.15) is 18.4 Å². The molecule has 1 heterocycles. The van der Waals surface area contributed by atoms with E-state index in [1.54, 1.807) is 0 Å². The average molecular weight is 292 g/mol. The third-order valence-corrected chi connectivity index (χ3v) is 2.51. The first-order valence-electron chi connectivity index (χ1n) is 5.64. The first-order chi connectivity index (χ1) is 9.94. The fourth-order valence-corrected chi connectivity index (χ4v) is 1.55. The largest absolute Gasteiger partial charge is 0.456 e. The highest BCUT2D eigenvalue weighted by atomic mass is 19.4. The van der Waals surface area contributed by atoms with E-state index in [4.69, 9.17) is 10.00 Å². The Kier molecular flexibility index (Phi) is 3.89. The molecule has 0 spiro atoms. The lowest BCUT2D eigenvalue weighted by Gasteiger charge is -2.10. The lowest BCUT2D eigenvalue weighted by atomic mass is 10.1. The Morgan fingerprint density at radius 1 is 1.24 bits per heavy atom. The second-order valence-corrected chi connectivity index (χ2v) is 3.96. The third kappa shape index (κ3) is 3.36. The normalized spacial score (nSPS) is 10.8. The molecule has 0 N–H and O–H groups in total. The number of alkyl halides is 3. The number of rotatable bonds is 3. The lowest BCUT2D eigenvalue weighted by molar-refractivity contribution is -0.141. The predicted octanol–water partition coefficient (Wildman–Crippen LogP) is 3.58. The summed E-state index contributed by atoms with van der Waals surface area (Å²) in [6.07, 6.45) is -3.07. The molecule has 0 fully saturated rings. The summed E-state index contributed by atoms with van der Waals surface area (Å²) in [5, 5.41) is 8.96. The quantitative estimate of drug-likeness (QED) is 0.811. The number of nitrogens with zero attached hydrogens (tertiary/aromatic N) is 2. The molecule has 0 aliphatic carbocycles. The zero-order valence-corrected chi connectivity index (χ0v) is 10.4. The summed E-state index contributed by atoms with van der Waals surface area (Å²) < 4.78 is 42.9. The van der Waals surface area contributed by atoms with E-state index < -0.39 is 11.9 Å². The number of benzene rings is 1. The van der Waals surface area contributed by atoms with Gasteiger partial charge in [0, 0.05) is 17.8 Å². The first kappa shape index (κ1) is 14.5. The van der Waals surface area contributed by atoms with Gasteiger partial charge >= 0.3 is 6.18 Å². The van der Waals surface area contributed by atoms with Crippen molar-refractivity contribution in [1.82, 2.24) is 4.98 Å². The maximum Gasteiger partial charge on any atom is 0.433 e. The molecule has 0 atom stereocenters. The Labute approximate surface area is 117 Å². The standard InChI is InChI=1S/C14H7F3N2O2/c15-14(16,17)13-6-11(3-4-19-13)21-12-2-1-9(8-20)5-10(12)7-18/h1-6,8H. The Balaban J connectivity index is 2.35. The Morgan fingerprint density at radius 3 is 2.62 bits per heavy atom. The monoisotopic (exact) mass is 292 g/mol. The van der Waals surface area contributed by atoms with Gasteiger partial charge in [0.15, 0.2) is 0 Å². The Bertz CT molecular complexity index is 721. The number of ether oxygens (including phenoxy) is 1. The molecule has 2 aromatic rings. The fourth-order valence-electron chi connectivity index (χ4n) is 1.55. The van der Waals surface area contributed by atoms with Crippen LogP contribution in [0.25, 0.3) is 0 Å². The van der Waals surface area contributed by atoms with Crippen molar-refractivity contribution in [3.05, 3.63) is 53.3 Å². The first-order valence-corrected chi connectivity index (χ1v) is 5.64. The molecule has 0 bridgehead atoms. The van der Waals surface area contributed by atoms with E-state index in [0.29, 0.717) is 6.29 Å². The van der Waals surface area contributed by atoms with Crippen LogP contribution in [0.15, 0.2) is 36.5 Å². The molecule has 0 saturated heterocycles. The van der Waals surface area contributed by atoms with Crippen LogP contribution in [0.2, 0.25) is 0 Å². The van der Waals surface area contributed by atoms with Gasteiger partial charge in [0.2, 0.25) is 0 Å². The zero-order chi connectivity index (χ0) is 15.5. The van der Waals surface area contributed by atoms with E-state index in [1.807, 2.05) is 6.07 Å². The molecule has 21 heavy (non-hydrogen) atoms. The predicted molar refractivity (Wildman–Crippen MR) is 65.9 cm³/mol. The number of aldehydes is 1. The van der Waals surface area contributed by atoms with Crippen LogP contribution in [-0.4, -0.2) is 11.3 Å². The summed E-state index contributed by atoms with van der Waals surface area (Å²) in [4.78, 5) is 13.8. The van der Waals surface area contributed by atoms with Gasteiger partial charge in [0.05, 0.1) is 5.56 Å². The number of carbonyl (C=O) groups excluding carboxylic acids is 1. The van der Waals surface area contributed by atoms with Crippen LogP contribution in [-0.2, 0) is 6.18 Å². The van der Waals surface area contributed by atoms with Crippen molar-refractivity contribution in [2.24, 2.45) is 0 Å². The highest BCUT2D eigenvalue weighted by molar-refractivity contribution is 5.76. The maximum atomic E-state index is 12.5. The van der Waals surface area contributed by atoms with Crippen LogP contribution in [0.4, 0.5) is 13.2 Å². The minimum atomic E-state index is -4.58. The fraction of sp³-hybridized carbons (Fsp3) is 0.0714. The van der Waals surface area contributed by atoms with Crippen molar-refractivity contribution in [3.63, 3.8) is 0 Å². The molecule has 1 aromatic heterocycles. The molecule has 2 rings (SSSR count). The van der Waals surface area contributed by atoms with E-state index in [-0.39, 0.29) is 22.6 Å². The molecule has 1 aromatic carbocycles. The van der Waals surface area contributed by atoms with Crippen molar-refractivity contribution in [2.75, 3.05) is 0 Å². The number of hydrogen-bond donors (Lipinski definition) is 0. The van der Waals surface area contributed by atoms with Crippen LogP contribution in [0.3, 0.4) is 0 Å². The van der Waals surface area contributed by atoms with Crippen LogP contribution in [0, 0.1) is 11.3 Å². The molecular weight excluding hydrogens is 285 g/mol. The topological polar surface area (TPSA) is 63.0 Å². The number of aromatic nitrogens is 1. The maximum absolute atomic E-state index is 12.5. The van der Waals surface area contributed by atoms with Gasteiger partial charge in [-0.3, -0.25) is 9.78 Å². The smallest absolute Gasteiger partial charge is 0.433 e. The lowest BCUT2D eigenvalue weighted by Crippen LogP contribution is -2.07. The SMILES string of the molecule is N#Cc1cc(C=O)ccc1Oc1ccnc(C(F)(F)F)c1. The zero-order valence-electron chi connectivity index (χ0n) is 10.4. The average Bonchev–Trinajstić information content (AvgIpc) is 2.47. The summed E-state index contributed by atoms with van der Waals surface area (Å²) in [6.45, 7) is 0. The van der Waals surface area contributed by atoms with E-state index in [1.165, 1.54) is 24.3 Å². The van der Waals surface area contributed by atoms with Crippen LogP contribution in [0.1, 0.15) is 21.6 Å². The molecule has 4 nitrogen and oxygen atoms in total. The van der Waals surface area contributed by atoms with Crippen molar-refractivity contribution in [3.8, 4) is 17.6 Å². The minimum absolute atomic E-state index is 0.0463. The number of carbonyl (C=O) groups is 1. The van der Waals surface area contributed by atoms with Gasteiger partial charge in [-0.1, -0.05) is 0 Å². The van der Waals surface area contributed by atoms with Gasteiger partial charge in [-0.25, -0.2) is 0 Å². The summed E-state index contributed by atoms with van der Waals surface area (Å²) >= 11 is 0. The van der Waals surface area contributed by atoms with Gasteiger partial charge in [-0.05, 0) is 24.3 Å². The molecule has 0 aliphatic heterocycles. The summed E-state index contributed by atoms with van der Waals surface area (Å²) in [5.41, 5.74) is -0.780. The van der Waals surface area contributed by atoms with Crippen molar-refractivity contribution in [2.45, 2.75) is 6.18 Å². The Morgan fingerprint density at radius 2 is 2.00 bits per heavy atom. The second kappa shape index (κ2) is 5.63. The van der Waals surface area contributed by atoms with Crippen LogP contribution >= 0.6 is 0 Å². The number of halogens is 3. The van der Waals surface area contributed by atoms with E-state index in [0.717, 1.165) is 12.3 Å². The summed E-state index contributed by atoms with van der Waals surface area (Å²) in [6, 6.07) is 7.81. The van der Waals surface area contributed by atoms with Gasteiger partial charge in [-0.15, -0.1) is 0 Å². The third-order valence-electron chi connectivity index (χ3n) is 2.51. The molecular formula is C14H7F3N2O2. The molecule has 0 unspecified atom stereocenters. The van der Waals surface area contributed by atoms with Crippen LogP contribution in [0.5, 0.6) is 11.5 Å². The molecule has 106 valence electrons. The number of hydrogen-bond acceptors (Lipinski definition) is 4. The summed E-state index contributed by atoms with van der Waals surface area (Å²) in [7, 11) is 0.